The van der Waals surface area contributed by atoms with Gasteiger partial charge in [0.25, 0.3) is 0 Å². The quantitative estimate of drug-likeness (QED) is 0.363. The fourth-order valence-electron chi connectivity index (χ4n) is 1.74. The maximum absolute atomic E-state index is 10.2. The molecule has 0 aromatic rings. The predicted octanol–water partition coefficient (Wildman–Crippen LogP) is 0.891. The Bertz CT molecular complexity index is 246. The van der Waals surface area contributed by atoms with E-state index < -0.39 is 5.60 Å². The van der Waals surface area contributed by atoms with Gasteiger partial charge in [-0.25, -0.2) is 0 Å². The summed E-state index contributed by atoms with van der Waals surface area (Å²) in [4.78, 5) is 0. The minimum absolute atomic E-state index is 0.128. The van der Waals surface area contributed by atoms with Crippen molar-refractivity contribution in [2.75, 3.05) is 0 Å². The molecule has 0 aliphatic heterocycles. The minimum atomic E-state index is -0.754. The Labute approximate surface area is 89.6 Å². The van der Waals surface area contributed by atoms with Gasteiger partial charge in [0.15, 0.2) is 5.11 Å². The molecule has 0 unspecified atom stereocenters. The topological polar surface area (TPSA) is 70.6 Å². The number of hydrogen-bond acceptors (Lipinski definition) is 3. The molecule has 5 heteroatoms. The van der Waals surface area contributed by atoms with E-state index in [2.05, 4.69) is 22.7 Å². The molecule has 0 atom stereocenters. The van der Waals surface area contributed by atoms with Gasteiger partial charge >= 0.3 is 0 Å². The van der Waals surface area contributed by atoms with Crippen LogP contribution in [0.1, 0.15) is 39.0 Å². The third-order valence-electron chi connectivity index (χ3n) is 2.69. The van der Waals surface area contributed by atoms with E-state index in [-0.39, 0.29) is 5.11 Å². The van der Waals surface area contributed by atoms with Gasteiger partial charge in [0.2, 0.25) is 0 Å². The number of rotatable bonds is 2. The normalized spacial score (nSPS) is 21.7. The molecule has 14 heavy (non-hydrogen) atoms. The van der Waals surface area contributed by atoms with Crippen LogP contribution in [-0.4, -0.2) is 21.5 Å². The van der Waals surface area contributed by atoms with Crippen molar-refractivity contribution in [1.82, 2.24) is 5.43 Å². The molecule has 0 amide bonds. The fourth-order valence-corrected chi connectivity index (χ4v) is 1.79. The largest absolute Gasteiger partial charge is 0.384 e. The van der Waals surface area contributed by atoms with Gasteiger partial charge in [0.1, 0.15) is 5.60 Å². The average Bonchev–Trinajstić information content (AvgIpc) is 2.15. The van der Waals surface area contributed by atoms with E-state index in [9.17, 15) is 5.11 Å². The summed E-state index contributed by atoms with van der Waals surface area (Å²) in [7, 11) is 0. The molecule has 1 aliphatic carbocycles. The summed E-state index contributed by atoms with van der Waals surface area (Å²) in [6, 6.07) is 0. The van der Waals surface area contributed by atoms with Crippen molar-refractivity contribution >= 4 is 23.0 Å². The molecule has 0 aromatic heterocycles. The second-order valence-electron chi connectivity index (χ2n) is 3.77. The lowest BCUT2D eigenvalue weighted by Gasteiger charge is -2.31. The second-order valence-corrected chi connectivity index (χ2v) is 4.21. The first-order valence-corrected chi connectivity index (χ1v) is 5.28. The van der Waals surface area contributed by atoms with Gasteiger partial charge < -0.3 is 10.8 Å². The van der Waals surface area contributed by atoms with E-state index in [4.69, 9.17) is 5.73 Å². The summed E-state index contributed by atoms with van der Waals surface area (Å²) >= 11 is 4.63. The van der Waals surface area contributed by atoms with E-state index in [0.717, 1.165) is 25.7 Å². The van der Waals surface area contributed by atoms with Crippen LogP contribution in [0.5, 0.6) is 0 Å². The molecule has 1 saturated carbocycles. The minimum Gasteiger partial charge on any atom is -0.384 e. The van der Waals surface area contributed by atoms with E-state index in [1.165, 1.54) is 6.42 Å². The van der Waals surface area contributed by atoms with Gasteiger partial charge in [-0.1, -0.05) is 19.3 Å². The number of aliphatic hydroxyl groups is 1. The SMILES string of the molecule is CC(=NNC(N)=S)C1(O)CCCCC1. The molecule has 0 radical (unpaired) electrons. The van der Waals surface area contributed by atoms with Crippen LogP contribution >= 0.6 is 12.2 Å². The summed E-state index contributed by atoms with van der Waals surface area (Å²) in [5.41, 5.74) is 7.67. The monoisotopic (exact) mass is 215 g/mol. The first kappa shape index (κ1) is 11.4. The van der Waals surface area contributed by atoms with Crippen molar-refractivity contribution < 1.29 is 5.11 Å². The van der Waals surface area contributed by atoms with Crippen LogP contribution < -0.4 is 11.2 Å². The summed E-state index contributed by atoms with van der Waals surface area (Å²) in [6.07, 6.45) is 4.86. The lowest BCUT2D eigenvalue weighted by molar-refractivity contribution is 0.0699. The maximum atomic E-state index is 10.2. The maximum Gasteiger partial charge on any atom is 0.184 e. The van der Waals surface area contributed by atoms with Crippen LogP contribution in [0.4, 0.5) is 0 Å². The van der Waals surface area contributed by atoms with E-state index in [0.29, 0.717) is 5.71 Å². The first-order valence-electron chi connectivity index (χ1n) is 4.87. The molecule has 0 aromatic carbocycles. The Morgan fingerprint density at radius 3 is 2.50 bits per heavy atom. The molecule has 0 bridgehead atoms. The predicted molar refractivity (Wildman–Crippen MR) is 61.1 cm³/mol. The van der Waals surface area contributed by atoms with Crippen molar-refractivity contribution in [3.8, 4) is 0 Å². The van der Waals surface area contributed by atoms with Crippen LogP contribution in [0, 0.1) is 0 Å². The number of thiocarbonyl (C=S) groups is 1. The smallest absolute Gasteiger partial charge is 0.184 e. The lowest BCUT2D eigenvalue weighted by atomic mass is 9.82. The molecular weight excluding hydrogens is 198 g/mol. The highest BCUT2D eigenvalue weighted by Gasteiger charge is 2.32. The molecule has 4 N–H and O–H groups in total. The van der Waals surface area contributed by atoms with Crippen LogP contribution in [-0.2, 0) is 0 Å². The summed E-state index contributed by atoms with van der Waals surface area (Å²) in [5.74, 6) is 0. The average molecular weight is 215 g/mol. The Hall–Kier alpha value is -0.680. The first-order chi connectivity index (χ1) is 6.54. The lowest BCUT2D eigenvalue weighted by Crippen LogP contribution is -2.40. The van der Waals surface area contributed by atoms with Crippen LogP contribution in [0.25, 0.3) is 0 Å². The Balaban J connectivity index is 2.60. The van der Waals surface area contributed by atoms with Gasteiger partial charge in [-0.05, 0) is 32.0 Å². The molecular formula is C9H17N3OS. The molecule has 1 fully saturated rings. The van der Waals surface area contributed by atoms with E-state index >= 15 is 0 Å². The number of nitrogens with two attached hydrogens (primary N) is 1. The zero-order valence-corrected chi connectivity index (χ0v) is 9.23. The van der Waals surface area contributed by atoms with Gasteiger partial charge in [0, 0.05) is 0 Å². The number of nitrogens with zero attached hydrogens (tertiary/aromatic N) is 1. The molecule has 0 heterocycles. The van der Waals surface area contributed by atoms with Gasteiger partial charge in [-0.3, -0.25) is 5.43 Å². The summed E-state index contributed by atoms with van der Waals surface area (Å²) in [6.45, 7) is 1.80. The Morgan fingerprint density at radius 2 is 2.00 bits per heavy atom. The molecule has 0 spiro atoms. The molecule has 4 nitrogen and oxygen atoms in total. The third-order valence-corrected chi connectivity index (χ3v) is 2.78. The van der Waals surface area contributed by atoms with Gasteiger partial charge in [-0.2, -0.15) is 5.10 Å². The molecule has 80 valence electrons. The number of hydrazone groups is 1. The van der Waals surface area contributed by atoms with Crippen molar-refractivity contribution in [1.29, 1.82) is 0 Å². The molecule has 1 rings (SSSR count). The standard InChI is InChI=1S/C9H17N3OS/c1-7(11-12-8(10)14)9(13)5-3-2-4-6-9/h13H,2-6H2,1H3,(H3,10,12,14). The van der Waals surface area contributed by atoms with Crippen LogP contribution in [0.3, 0.4) is 0 Å². The number of hydrogen-bond donors (Lipinski definition) is 3. The van der Waals surface area contributed by atoms with E-state index in [1.807, 2.05) is 0 Å². The van der Waals surface area contributed by atoms with Gasteiger partial charge in [0.05, 0.1) is 5.71 Å². The van der Waals surface area contributed by atoms with Crippen molar-refractivity contribution in [3.63, 3.8) is 0 Å². The second kappa shape index (κ2) is 4.70. The molecule has 1 aliphatic rings. The highest BCUT2D eigenvalue weighted by Crippen LogP contribution is 2.29. The number of nitrogens with one attached hydrogen (secondary N) is 1. The summed E-state index contributed by atoms with van der Waals surface area (Å²) < 4.78 is 0. The third kappa shape index (κ3) is 2.92. The zero-order chi connectivity index (χ0) is 10.6. The fraction of sp³-hybridized carbons (Fsp3) is 0.778. The van der Waals surface area contributed by atoms with Crippen LogP contribution in [0.15, 0.2) is 5.10 Å². The van der Waals surface area contributed by atoms with Crippen molar-refractivity contribution in [2.24, 2.45) is 10.8 Å². The summed E-state index contributed by atoms with van der Waals surface area (Å²) in [5, 5.41) is 14.3. The Kier molecular flexibility index (Phi) is 3.83. The zero-order valence-electron chi connectivity index (χ0n) is 8.42. The van der Waals surface area contributed by atoms with E-state index in [1.54, 1.807) is 6.92 Å². The Morgan fingerprint density at radius 1 is 1.43 bits per heavy atom. The van der Waals surface area contributed by atoms with Gasteiger partial charge in [-0.15, -0.1) is 0 Å². The molecule has 0 saturated heterocycles. The highest BCUT2D eigenvalue weighted by atomic mass is 32.1. The van der Waals surface area contributed by atoms with Crippen molar-refractivity contribution in [3.05, 3.63) is 0 Å². The van der Waals surface area contributed by atoms with Crippen molar-refractivity contribution in [2.45, 2.75) is 44.6 Å². The highest BCUT2D eigenvalue weighted by molar-refractivity contribution is 7.80. The van der Waals surface area contributed by atoms with Crippen LogP contribution in [0.2, 0.25) is 0 Å².